The first-order chi connectivity index (χ1) is 47.7. The lowest BCUT2D eigenvalue weighted by Crippen LogP contribution is -2.30. The molecule has 0 fully saturated rings. The Bertz CT molecular complexity index is 2430. The maximum atomic E-state index is 13.1. The number of carbonyl (C=O) groups is 4. The summed E-state index contributed by atoms with van der Waals surface area (Å²) >= 11 is 0. The van der Waals surface area contributed by atoms with Gasteiger partial charge in [0, 0.05) is 19.3 Å². The molecule has 0 rings (SSSR count). The van der Waals surface area contributed by atoms with E-state index in [1.807, 2.05) is 18.2 Å². The molecule has 0 saturated heterocycles. The van der Waals surface area contributed by atoms with Crippen LogP contribution in [0, 0.1) is 0 Å². The molecule has 0 amide bonds. The van der Waals surface area contributed by atoms with Crippen LogP contribution in [0.5, 0.6) is 0 Å². The summed E-state index contributed by atoms with van der Waals surface area (Å²) in [6, 6.07) is 0. The fraction of sp³-hybridized carbons (Fsp3) is 0.646. The van der Waals surface area contributed by atoms with E-state index in [4.69, 9.17) is 37.0 Å². The molecule has 0 aromatic rings. The largest absolute Gasteiger partial charge is 0.472 e. The van der Waals surface area contributed by atoms with Gasteiger partial charge in [-0.1, -0.05) is 244 Å². The van der Waals surface area contributed by atoms with Crippen molar-refractivity contribution in [2.75, 3.05) is 39.6 Å². The Kier molecular flexibility index (Phi) is 66.7. The minimum atomic E-state index is -5.00. The molecule has 0 aliphatic heterocycles. The zero-order valence-corrected chi connectivity index (χ0v) is 62.4. The Balaban J connectivity index is 5.48. The van der Waals surface area contributed by atoms with Crippen molar-refractivity contribution >= 4 is 39.5 Å². The molecule has 0 aliphatic carbocycles. The number of phosphoric acid groups is 2. The second kappa shape index (κ2) is 70.4. The predicted octanol–water partition coefficient (Wildman–Crippen LogP) is 21.1. The zero-order valence-electron chi connectivity index (χ0n) is 60.7. The topological polar surface area (TPSA) is 237 Å². The van der Waals surface area contributed by atoms with Gasteiger partial charge in [-0.2, -0.15) is 0 Å². The number of ether oxygens (including phenoxy) is 4. The van der Waals surface area contributed by atoms with Gasteiger partial charge in [-0.05, 0) is 148 Å². The molecule has 98 heavy (non-hydrogen) atoms. The number of allylic oxidation sites excluding steroid dienone is 23. The number of unbranched alkanes of at least 4 members (excludes halogenated alkanes) is 19. The highest BCUT2D eigenvalue weighted by atomic mass is 31.2. The number of aliphatic hydroxyl groups is 1. The average molecular weight is 1410 g/mol. The first-order valence-electron chi connectivity index (χ1n) is 37.1. The molecule has 0 saturated carbocycles. The molecule has 5 unspecified atom stereocenters. The van der Waals surface area contributed by atoms with Crippen molar-refractivity contribution in [1.82, 2.24) is 0 Å². The second-order valence-electron chi connectivity index (χ2n) is 24.1. The van der Waals surface area contributed by atoms with Crippen LogP contribution >= 0.6 is 15.6 Å². The molecule has 0 aromatic heterocycles. The first kappa shape index (κ1) is 92.9. The summed E-state index contributed by atoms with van der Waals surface area (Å²) in [6.45, 7) is 4.39. The van der Waals surface area contributed by atoms with Crippen molar-refractivity contribution in [2.24, 2.45) is 0 Å². The van der Waals surface area contributed by atoms with Crippen molar-refractivity contribution in [3.05, 3.63) is 146 Å². The molecule has 0 aromatic carbocycles. The van der Waals surface area contributed by atoms with Gasteiger partial charge in [0.05, 0.1) is 32.8 Å². The van der Waals surface area contributed by atoms with E-state index in [-0.39, 0.29) is 25.7 Å². The molecule has 5 atom stereocenters. The quantitative estimate of drug-likeness (QED) is 0.0169. The Morgan fingerprint density at radius 2 is 0.571 bits per heavy atom. The van der Waals surface area contributed by atoms with Crippen LogP contribution in [-0.4, -0.2) is 96.7 Å². The number of hydrogen-bond donors (Lipinski definition) is 3. The summed E-state index contributed by atoms with van der Waals surface area (Å²) < 4.78 is 68.2. The Labute approximate surface area is 592 Å². The van der Waals surface area contributed by atoms with E-state index in [2.05, 4.69) is 149 Å². The number of phosphoric ester groups is 2. The number of carbonyl (C=O) groups excluding carboxylic acids is 4. The zero-order chi connectivity index (χ0) is 71.8. The van der Waals surface area contributed by atoms with Gasteiger partial charge in [-0.25, -0.2) is 9.13 Å². The third-order valence-electron chi connectivity index (χ3n) is 14.8. The monoisotopic (exact) mass is 1410 g/mol. The summed E-state index contributed by atoms with van der Waals surface area (Å²) in [5.41, 5.74) is 0. The third kappa shape index (κ3) is 69.4. The Morgan fingerprint density at radius 3 is 0.959 bits per heavy atom. The first-order valence-corrected chi connectivity index (χ1v) is 40.1. The molecule has 3 N–H and O–H groups in total. The van der Waals surface area contributed by atoms with E-state index in [9.17, 15) is 43.2 Å². The van der Waals surface area contributed by atoms with Crippen LogP contribution in [0.3, 0.4) is 0 Å². The SMILES string of the molecule is CC/C=C\C/C=C\C/C=C\C/C=C\C/C=C\CC(=O)OCC(COP(=O)(O)OCC(O)COP(=O)(O)OCC(COC(=O)CCCC/C=C\C/C=C\C/C=C\C/C=C\CC)OC(=O)CCCCCCC/C=C\C/C=C\CCCCC)OC(=O)CCCCCCC/C=C\CCCCCC. The molecule has 19 heteroatoms. The van der Waals surface area contributed by atoms with E-state index in [1.54, 1.807) is 6.08 Å². The fourth-order valence-corrected chi connectivity index (χ4v) is 10.8. The summed E-state index contributed by atoms with van der Waals surface area (Å²) in [4.78, 5) is 72.7. The maximum absolute atomic E-state index is 13.1. The van der Waals surface area contributed by atoms with Gasteiger partial charge in [-0.15, -0.1) is 0 Å². The fourth-order valence-electron chi connectivity index (χ4n) is 9.19. The van der Waals surface area contributed by atoms with E-state index in [0.29, 0.717) is 25.7 Å². The number of rotatable bonds is 68. The molecule has 558 valence electrons. The van der Waals surface area contributed by atoms with Gasteiger partial charge in [0.1, 0.15) is 19.3 Å². The van der Waals surface area contributed by atoms with E-state index in [1.165, 1.54) is 44.9 Å². The van der Waals surface area contributed by atoms with Gasteiger partial charge in [0.25, 0.3) is 0 Å². The van der Waals surface area contributed by atoms with E-state index < -0.39 is 97.5 Å². The molecule has 0 radical (unpaired) electrons. The van der Waals surface area contributed by atoms with Gasteiger partial charge in [-0.3, -0.25) is 37.3 Å². The van der Waals surface area contributed by atoms with E-state index in [0.717, 1.165) is 148 Å². The standard InChI is InChI=1S/C79H130O17P2/c1-5-9-13-17-21-25-29-33-36-40-43-47-51-55-59-63-76(81)89-69-74(95-78(83)65-61-57-53-49-45-39-32-28-24-20-16-12-8-4)71-93-97(85,86)91-67-73(80)68-92-98(87,88)94-72-75(96-79(84)66-62-58-54-50-46-42-38-35-31-27-23-19-15-11-7-3)70-90-77(82)64-60-56-52-48-44-41-37-34-30-26-22-18-14-10-6-2/h9-10,13-14,21-23,25-28,32-38,43-44,47-48,55,59,73-75,80H,5-8,11-12,15-20,24,29-31,39-42,45-46,49-54,56-58,60-72H2,1-4H3,(H,85,86)(H,87,88)/b13-9-,14-10-,25-21-,26-22-,27-23-,32-28-,36-33-,37-34-,38-35-,47-43-,48-44-,59-55-. The van der Waals surface area contributed by atoms with Crippen molar-refractivity contribution in [3.8, 4) is 0 Å². The number of aliphatic hydroxyl groups excluding tert-OH is 1. The highest BCUT2D eigenvalue weighted by Crippen LogP contribution is 2.45. The van der Waals surface area contributed by atoms with Crippen molar-refractivity contribution in [3.63, 3.8) is 0 Å². The van der Waals surface area contributed by atoms with Gasteiger partial charge < -0.3 is 33.8 Å². The Morgan fingerprint density at radius 1 is 0.306 bits per heavy atom. The van der Waals surface area contributed by atoms with Crippen LogP contribution in [0.2, 0.25) is 0 Å². The molecular formula is C79H130O17P2. The van der Waals surface area contributed by atoms with Crippen molar-refractivity contribution in [2.45, 2.75) is 290 Å². The molecular weight excluding hydrogens is 1280 g/mol. The van der Waals surface area contributed by atoms with Crippen LogP contribution in [0.25, 0.3) is 0 Å². The summed E-state index contributed by atoms with van der Waals surface area (Å²) in [5, 5.41) is 10.6. The number of esters is 4. The third-order valence-corrected chi connectivity index (χ3v) is 16.7. The summed E-state index contributed by atoms with van der Waals surface area (Å²) in [5.74, 6) is -2.41. The lowest BCUT2D eigenvalue weighted by molar-refractivity contribution is -0.161. The second-order valence-corrected chi connectivity index (χ2v) is 27.0. The summed E-state index contributed by atoms with van der Waals surface area (Å²) in [6.07, 6.45) is 78.8. The van der Waals surface area contributed by atoms with Gasteiger partial charge in [0.15, 0.2) is 12.2 Å². The van der Waals surface area contributed by atoms with Crippen LogP contribution in [0.1, 0.15) is 272 Å². The lowest BCUT2D eigenvalue weighted by atomic mass is 10.1. The Hall–Kier alpha value is -5.06. The van der Waals surface area contributed by atoms with Crippen LogP contribution < -0.4 is 0 Å². The molecule has 17 nitrogen and oxygen atoms in total. The van der Waals surface area contributed by atoms with Gasteiger partial charge in [0.2, 0.25) is 0 Å². The summed E-state index contributed by atoms with van der Waals surface area (Å²) in [7, 11) is -10.00. The van der Waals surface area contributed by atoms with Gasteiger partial charge >= 0.3 is 39.5 Å². The van der Waals surface area contributed by atoms with Crippen LogP contribution in [-0.2, 0) is 65.4 Å². The van der Waals surface area contributed by atoms with Crippen molar-refractivity contribution in [1.29, 1.82) is 0 Å². The molecule has 0 spiro atoms. The number of hydrogen-bond acceptors (Lipinski definition) is 15. The lowest BCUT2D eigenvalue weighted by Gasteiger charge is -2.21. The highest BCUT2D eigenvalue weighted by Gasteiger charge is 2.30. The molecule has 0 bridgehead atoms. The maximum Gasteiger partial charge on any atom is 0.472 e. The van der Waals surface area contributed by atoms with E-state index >= 15 is 0 Å². The molecule has 0 aliphatic rings. The molecule has 0 heterocycles. The predicted molar refractivity (Wildman–Crippen MR) is 399 cm³/mol. The smallest absolute Gasteiger partial charge is 0.462 e. The minimum absolute atomic E-state index is 0.0604. The van der Waals surface area contributed by atoms with Crippen molar-refractivity contribution < 1.29 is 80.2 Å². The van der Waals surface area contributed by atoms with Crippen LogP contribution in [0.15, 0.2) is 146 Å². The van der Waals surface area contributed by atoms with Crippen LogP contribution in [0.4, 0.5) is 0 Å². The average Bonchev–Trinajstić information content (AvgIpc) is 0.959. The normalized spacial score (nSPS) is 14.8. The highest BCUT2D eigenvalue weighted by molar-refractivity contribution is 7.47. The minimum Gasteiger partial charge on any atom is -0.462 e.